The molecular formula is C24H23ClINO3S2. The van der Waals surface area contributed by atoms with Gasteiger partial charge < -0.3 is 9.47 Å². The average molecular weight is 600 g/mol. The maximum absolute atomic E-state index is 13.1. The van der Waals surface area contributed by atoms with Gasteiger partial charge in [-0.1, -0.05) is 73.0 Å². The summed E-state index contributed by atoms with van der Waals surface area (Å²) in [6.45, 7) is 0.339. The van der Waals surface area contributed by atoms with Gasteiger partial charge in [0.05, 0.1) is 15.6 Å². The van der Waals surface area contributed by atoms with E-state index in [0.717, 1.165) is 40.4 Å². The number of carbonyl (C=O) groups is 1. The second-order valence-corrected chi connectivity index (χ2v) is 11.0. The molecule has 2 fully saturated rings. The zero-order valence-electron chi connectivity index (χ0n) is 17.6. The number of thiocarbonyl (C=S) groups is 1. The molecule has 0 radical (unpaired) electrons. The molecule has 1 saturated heterocycles. The molecule has 8 heteroatoms. The van der Waals surface area contributed by atoms with Gasteiger partial charge in [0.15, 0.2) is 11.5 Å². The number of rotatable bonds is 6. The van der Waals surface area contributed by atoms with Gasteiger partial charge in [-0.2, -0.15) is 0 Å². The highest BCUT2D eigenvalue weighted by molar-refractivity contribution is 14.1. The number of hydrogen-bond acceptors (Lipinski definition) is 5. The summed E-state index contributed by atoms with van der Waals surface area (Å²) in [7, 11) is 1.61. The molecule has 1 amide bonds. The number of halogens is 2. The Morgan fingerprint density at radius 3 is 2.72 bits per heavy atom. The lowest BCUT2D eigenvalue weighted by molar-refractivity contribution is -0.124. The van der Waals surface area contributed by atoms with E-state index in [-0.39, 0.29) is 11.9 Å². The van der Waals surface area contributed by atoms with Crippen LogP contribution in [0.1, 0.15) is 43.2 Å². The van der Waals surface area contributed by atoms with Gasteiger partial charge in [0.1, 0.15) is 10.9 Å². The first-order valence-corrected chi connectivity index (χ1v) is 13.2. The number of methoxy groups -OCH3 is 1. The molecule has 32 heavy (non-hydrogen) atoms. The second kappa shape index (κ2) is 10.8. The van der Waals surface area contributed by atoms with E-state index in [4.69, 9.17) is 33.3 Å². The van der Waals surface area contributed by atoms with Crippen LogP contribution in [0.5, 0.6) is 11.5 Å². The van der Waals surface area contributed by atoms with E-state index >= 15 is 0 Å². The monoisotopic (exact) mass is 599 g/mol. The van der Waals surface area contributed by atoms with Crippen LogP contribution < -0.4 is 9.47 Å². The highest BCUT2D eigenvalue weighted by Gasteiger charge is 2.37. The van der Waals surface area contributed by atoms with Crippen molar-refractivity contribution in [3.8, 4) is 11.5 Å². The molecule has 0 spiro atoms. The standard InChI is InChI=1S/C24H23ClINO3S2/c1-29-20-12-15(11-19(26)22(20)30-14-16-7-5-6-10-18(16)25)13-21-23(28)27(24(31)32-21)17-8-3-2-4-9-17/h5-7,10-13,17H,2-4,8-9,14H2,1H3/b21-13-. The van der Waals surface area contributed by atoms with Gasteiger partial charge in [0, 0.05) is 16.6 Å². The number of benzene rings is 2. The minimum atomic E-state index is 0.0138. The minimum Gasteiger partial charge on any atom is -0.493 e. The Morgan fingerprint density at radius 1 is 1.25 bits per heavy atom. The molecule has 4 rings (SSSR count). The summed E-state index contributed by atoms with van der Waals surface area (Å²) in [5, 5.41) is 0.665. The van der Waals surface area contributed by atoms with Crippen LogP contribution in [0.2, 0.25) is 5.02 Å². The third-order valence-electron chi connectivity index (χ3n) is 5.64. The summed E-state index contributed by atoms with van der Waals surface area (Å²) in [5.41, 5.74) is 1.78. The number of thioether (sulfide) groups is 1. The van der Waals surface area contributed by atoms with Crippen molar-refractivity contribution in [1.82, 2.24) is 4.90 Å². The third kappa shape index (κ3) is 5.26. The predicted molar refractivity (Wildman–Crippen MR) is 143 cm³/mol. The molecule has 168 valence electrons. The van der Waals surface area contributed by atoms with Gasteiger partial charge in [-0.25, -0.2) is 0 Å². The fourth-order valence-electron chi connectivity index (χ4n) is 4.01. The van der Waals surface area contributed by atoms with E-state index in [0.29, 0.717) is 32.4 Å². The van der Waals surface area contributed by atoms with E-state index in [1.807, 2.05) is 47.4 Å². The Balaban J connectivity index is 1.55. The lowest BCUT2D eigenvalue weighted by Gasteiger charge is -2.29. The number of ether oxygens (including phenoxy) is 2. The molecule has 1 heterocycles. The number of hydrogen-bond donors (Lipinski definition) is 0. The quantitative estimate of drug-likeness (QED) is 0.202. The summed E-state index contributed by atoms with van der Waals surface area (Å²) < 4.78 is 13.2. The van der Waals surface area contributed by atoms with Crippen molar-refractivity contribution in [3.05, 3.63) is 61.0 Å². The molecule has 1 aliphatic carbocycles. The Hall–Kier alpha value is -1.29. The summed E-state index contributed by atoms with van der Waals surface area (Å²) in [5.74, 6) is 1.28. The van der Waals surface area contributed by atoms with Crippen LogP contribution >= 0.6 is 58.2 Å². The Bertz CT molecular complexity index is 1070. The molecule has 0 aromatic heterocycles. The molecule has 1 aliphatic heterocycles. The van der Waals surface area contributed by atoms with Crippen molar-refractivity contribution < 1.29 is 14.3 Å². The topological polar surface area (TPSA) is 38.8 Å². The lowest BCUT2D eigenvalue weighted by atomic mass is 9.94. The molecular weight excluding hydrogens is 577 g/mol. The van der Waals surface area contributed by atoms with Crippen molar-refractivity contribution in [2.45, 2.75) is 44.8 Å². The maximum Gasteiger partial charge on any atom is 0.266 e. The molecule has 2 aliphatic rings. The average Bonchev–Trinajstić information content (AvgIpc) is 3.07. The molecule has 1 saturated carbocycles. The van der Waals surface area contributed by atoms with Gasteiger partial charge in [-0.3, -0.25) is 9.69 Å². The Morgan fingerprint density at radius 2 is 2.00 bits per heavy atom. The number of amides is 1. The normalized spacial score (nSPS) is 18.5. The van der Waals surface area contributed by atoms with E-state index in [1.54, 1.807) is 7.11 Å². The zero-order chi connectivity index (χ0) is 22.7. The first-order valence-electron chi connectivity index (χ1n) is 10.5. The van der Waals surface area contributed by atoms with Crippen LogP contribution in [0, 0.1) is 3.57 Å². The molecule has 4 nitrogen and oxygen atoms in total. The predicted octanol–water partition coefficient (Wildman–Crippen LogP) is 7.07. The highest BCUT2D eigenvalue weighted by atomic mass is 127. The van der Waals surface area contributed by atoms with Gasteiger partial charge in [-0.15, -0.1) is 0 Å². The lowest BCUT2D eigenvalue weighted by Crippen LogP contribution is -2.39. The van der Waals surface area contributed by atoms with Crippen LogP contribution in [0.15, 0.2) is 41.3 Å². The van der Waals surface area contributed by atoms with Crippen molar-refractivity contribution in [3.63, 3.8) is 0 Å². The van der Waals surface area contributed by atoms with Crippen LogP contribution in [0.3, 0.4) is 0 Å². The maximum atomic E-state index is 13.1. The van der Waals surface area contributed by atoms with Crippen LogP contribution in [-0.2, 0) is 11.4 Å². The Labute approximate surface area is 216 Å². The molecule has 0 bridgehead atoms. The van der Waals surface area contributed by atoms with Crippen molar-refractivity contribution in [2.75, 3.05) is 7.11 Å². The third-order valence-corrected chi connectivity index (χ3v) is 8.14. The van der Waals surface area contributed by atoms with E-state index < -0.39 is 0 Å². The highest BCUT2D eigenvalue weighted by Crippen LogP contribution is 2.40. The first kappa shape index (κ1) is 23.9. The van der Waals surface area contributed by atoms with Crippen LogP contribution in [-0.4, -0.2) is 28.3 Å². The zero-order valence-corrected chi connectivity index (χ0v) is 22.2. The van der Waals surface area contributed by atoms with Gasteiger partial charge in [0.2, 0.25) is 0 Å². The fraction of sp³-hybridized carbons (Fsp3) is 0.333. The van der Waals surface area contributed by atoms with Crippen LogP contribution in [0.25, 0.3) is 6.08 Å². The largest absolute Gasteiger partial charge is 0.493 e. The smallest absolute Gasteiger partial charge is 0.266 e. The summed E-state index contributed by atoms with van der Waals surface area (Å²) in [6, 6.07) is 11.7. The van der Waals surface area contributed by atoms with E-state index in [2.05, 4.69) is 22.6 Å². The second-order valence-electron chi connectivity index (χ2n) is 7.76. The van der Waals surface area contributed by atoms with E-state index in [1.165, 1.54) is 18.2 Å². The summed E-state index contributed by atoms with van der Waals surface area (Å²) in [4.78, 5) is 15.6. The van der Waals surface area contributed by atoms with Gasteiger partial charge in [-0.05, 0) is 65.3 Å². The van der Waals surface area contributed by atoms with Gasteiger partial charge >= 0.3 is 0 Å². The minimum absolute atomic E-state index is 0.0138. The van der Waals surface area contributed by atoms with E-state index in [9.17, 15) is 4.79 Å². The fourth-order valence-corrected chi connectivity index (χ4v) is 6.39. The van der Waals surface area contributed by atoms with Crippen molar-refractivity contribution in [2.24, 2.45) is 0 Å². The number of carbonyl (C=O) groups excluding carboxylic acids is 1. The van der Waals surface area contributed by atoms with Crippen LogP contribution in [0.4, 0.5) is 0 Å². The first-order chi connectivity index (χ1) is 15.5. The number of nitrogens with zero attached hydrogens (tertiary/aromatic N) is 1. The Kier molecular flexibility index (Phi) is 8.02. The summed E-state index contributed by atoms with van der Waals surface area (Å²) in [6.07, 6.45) is 7.51. The molecule has 0 atom stereocenters. The molecule has 0 unspecified atom stereocenters. The van der Waals surface area contributed by atoms with Crippen molar-refractivity contribution in [1.29, 1.82) is 0 Å². The molecule has 2 aromatic carbocycles. The van der Waals surface area contributed by atoms with Crippen molar-refractivity contribution >= 4 is 74.5 Å². The van der Waals surface area contributed by atoms with Gasteiger partial charge in [0.25, 0.3) is 5.91 Å². The summed E-state index contributed by atoms with van der Waals surface area (Å²) >= 11 is 15.4. The SMILES string of the molecule is COc1cc(/C=C2\SC(=S)N(C3CCCCC3)C2=O)cc(I)c1OCc1ccccc1Cl. The molecule has 2 aromatic rings. The molecule has 0 N–H and O–H groups in total.